The highest BCUT2D eigenvalue weighted by Crippen LogP contribution is 2.36. The molecule has 0 fully saturated rings. The van der Waals surface area contributed by atoms with Gasteiger partial charge in [-0.1, -0.05) is 41.9 Å². The molecule has 8 heteroatoms. The Kier molecular flexibility index (Phi) is 6.99. The van der Waals surface area contributed by atoms with Crippen LogP contribution in [0, 0.1) is 13.8 Å². The second-order valence-corrected chi connectivity index (χ2v) is 10.4. The van der Waals surface area contributed by atoms with E-state index >= 15 is 0 Å². The third-order valence-electron chi connectivity index (χ3n) is 5.99. The van der Waals surface area contributed by atoms with E-state index in [4.69, 9.17) is 16.6 Å². The van der Waals surface area contributed by atoms with Crippen LogP contribution in [0.1, 0.15) is 36.2 Å². The molecule has 35 heavy (non-hydrogen) atoms. The second-order valence-electron chi connectivity index (χ2n) is 9.04. The van der Waals surface area contributed by atoms with Gasteiger partial charge in [0, 0.05) is 11.8 Å². The topological polar surface area (TPSA) is 95.6 Å². The Morgan fingerprint density at radius 2 is 1.71 bits per heavy atom. The number of halogens is 1. The van der Waals surface area contributed by atoms with Crippen molar-refractivity contribution in [2.75, 3.05) is 0 Å². The average molecular weight is 511 g/mol. The van der Waals surface area contributed by atoms with Gasteiger partial charge in [-0.2, -0.15) is 0 Å². The molecule has 0 radical (unpaired) electrons. The zero-order valence-electron chi connectivity index (χ0n) is 19.9. The zero-order chi connectivity index (χ0) is 25.5. The predicted molar refractivity (Wildman–Crippen MR) is 139 cm³/mol. The summed E-state index contributed by atoms with van der Waals surface area (Å²) in [6.45, 7) is 7.02. The van der Waals surface area contributed by atoms with Crippen molar-refractivity contribution in [3.05, 3.63) is 88.2 Å². The molecule has 0 saturated carbocycles. The zero-order valence-corrected chi connectivity index (χ0v) is 21.5. The average Bonchev–Trinajstić information content (AvgIpc) is 3.23. The van der Waals surface area contributed by atoms with E-state index in [-0.39, 0.29) is 11.5 Å². The Bertz CT molecular complexity index is 1420. The third-order valence-corrected chi connectivity index (χ3v) is 7.06. The van der Waals surface area contributed by atoms with Crippen molar-refractivity contribution in [1.82, 2.24) is 9.55 Å². The molecule has 0 aliphatic rings. The van der Waals surface area contributed by atoms with Gasteiger partial charge in [-0.05, 0) is 79.8 Å². The Labute approximate surface area is 212 Å². The maximum atomic E-state index is 11.7. The lowest BCUT2D eigenvalue weighted by Gasteiger charge is -2.15. The van der Waals surface area contributed by atoms with Crippen LogP contribution < -0.4 is 0 Å². The van der Waals surface area contributed by atoms with Crippen LogP contribution in [0.2, 0.25) is 5.02 Å². The summed E-state index contributed by atoms with van der Waals surface area (Å²) >= 11 is 4.37. The molecule has 0 saturated heterocycles. The van der Waals surface area contributed by atoms with Gasteiger partial charge in [-0.15, -0.1) is 0 Å². The van der Waals surface area contributed by atoms with E-state index in [0.717, 1.165) is 33.5 Å². The molecule has 1 aromatic heterocycles. The van der Waals surface area contributed by atoms with Crippen LogP contribution in [0.15, 0.2) is 65.7 Å². The molecule has 0 bridgehead atoms. The second kappa shape index (κ2) is 9.68. The van der Waals surface area contributed by atoms with Crippen LogP contribution in [-0.2, 0) is 23.3 Å². The number of hydrogen-bond acceptors (Lipinski definition) is 4. The van der Waals surface area contributed by atoms with Crippen LogP contribution in [0.5, 0.6) is 0 Å². The summed E-state index contributed by atoms with van der Waals surface area (Å²) in [7, 11) is 0. The molecule has 1 unspecified atom stereocenters. The van der Waals surface area contributed by atoms with E-state index in [1.165, 1.54) is 0 Å². The van der Waals surface area contributed by atoms with Crippen molar-refractivity contribution in [3.63, 3.8) is 0 Å². The van der Waals surface area contributed by atoms with E-state index in [1.54, 1.807) is 26.0 Å². The van der Waals surface area contributed by atoms with Gasteiger partial charge in [0.1, 0.15) is 11.4 Å². The van der Waals surface area contributed by atoms with Gasteiger partial charge >= 0.3 is 0 Å². The van der Waals surface area contributed by atoms with Gasteiger partial charge in [-0.3, -0.25) is 4.57 Å². The van der Waals surface area contributed by atoms with Crippen LogP contribution in [0.25, 0.3) is 28.2 Å². The summed E-state index contributed by atoms with van der Waals surface area (Å²) in [4.78, 5) is 4.95. The number of rotatable bonds is 6. The summed E-state index contributed by atoms with van der Waals surface area (Å²) in [5, 5.41) is 20.7. The predicted octanol–water partition coefficient (Wildman–Crippen LogP) is 5.78. The number of nitrogens with zero attached hydrogens (tertiary/aromatic N) is 2. The highest BCUT2D eigenvalue weighted by Gasteiger charge is 2.25. The number of aliphatic hydroxyl groups excluding tert-OH is 1. The summed E-state index contributed by atoms with van der Waals surface area (Å²) in [6, 6.07) is 16.6. The van der Waals surface area contributed by atoms with Crippen molar-refractivity contribution in [1.29, 1.82) is 0 Å². The number of aliphatic hydroxyl groups is 2. The number of benzene rings is 3. The fourth-order valence-corrected chi connectivity index (χ4v) is 4.97. The van der Waals surface area contributed by atoms with E-state index in [2.05, 4.69) is 0 Å². The number of hydrogen-bond donors (Lipinski definition) is 3. The highest BCUT2D eigenvalue weighted by molar-refractivity contribution is 7.79. The molecule has 0 aliphatic carbocycles. The van der Waals surface area contributed by atoms with E-state index in [0.29, 0.717) is 22.1 Å². The Hall–Kier alpha value is -2.81. The Morgan fingerprint density at radius 3 is 2.31 bits per heavy atom. The first kappa shape index (κ1) is 25.3. The van der Waals surface area contributed by atoms with Gasteiger partial charge in [-0.25, -0.2) is 9.19 Å². The molecule has 0 spiro atoms. The SMILES string of the molecule is Cc1cc(-c2ccc(CO)c(S(=O)O)c2)ccc1-n1cc(C(C)(C)O)nc1-c1c(C)cccc1Cl. The molecule has 3 aromatic carbocycles. The van der Waals surface area contributed by atoms with E-state index in [9.17, 15) is 19.0 Å². The lowest BCUT2D eigenvalue weighted by Crippen LogP contribution is -2.15. The van der Waals surface area contributed by atoms with Gasteiger partial charge in [0.25, 0.3) is 0 Å². The lowest BCUT2D eigenvalue weighted by atomic mass is 10.0. The quantitative estimate of drug-likeness (QED) is 0.286. The van der Waals surface area contributed by atoms with Crippen LogP contribution in [0.3, 0.4) is 0 Å². The molecule has 0 amide bonds. The molecule has 4 aromatic rings. The maximum Gasteiger partial charge on any atom is 0.186 e. The van der Waals surface area contributed by atoms with E-state index < -0.39 is 16.7 Å². The molecular formula is C27H27ClN2O4S. The molecule has 1 atom stereocenters. The van der Waals surface area contributed by atoms with Crippen molar-refractivity contribution < 1.29 is 19.0 Å². The Morgan fingerprint density at radius 1 is 1.03 bits per heavy atom. The minimum Gasteiger partial charge on any atom is -0.392 e. The minimum atomic E-state index is -2.21. The number of imidazole rings is 1. The fraction of sp³-hybridized carbons (Fsp3) is 0.222. The highest BCUT2D eigenvalue weighted by atomic mass is 35.5. The van der Waals surface area contributed by atoms with Crippen LogP contribution in [0.4, 0.5) is 0 Å². The lowest BCUT2D eigenvalue weighted by molar-refractivity contribution is 0.0743. The van der Waals surface area contributed by atoms with Crippen molar-refractivity contribution in [2.24, 2.45) is 0 Å². The summed E-state index contributed by atoms with van der Waals surface area (Å²) in [5.41, 5.74) is 4.98. The standard InChI is InChI=1S/C27H27ClN2O4S/c1-16-6-5-7-21(28)25(16)26-29-24(27(3,4)32)14-30(26)22-11-10-18(12-17(22)2)19-8-9-20(15-31)23(13-19)35(33)34/h5-14,31-32H,15H2,1-4H3,(H,33,34). The van der Waals surface area contributed by atoms with Crippen molar-refractivity contribution >= 4 is 22.7 Å². The van der Waals surface area contributed by atoms with Gasteiger partial charge < -0.3 is 14.8 Å². The van der Waals surface area contributed by atoms with Crippen molar-refractivity contribution in [3.8, 4) is 28.2 Å². The summed E-state index contributed by atoms with van der Waals surface area (Å²) < 4.78 is 23.3. The molecular weight excluding hydrogens is 484 g/mol. The van der Waals surface area contributed by atoms with Gasteiger partial charge in [0.15, 0.2) is 11.1 Å². The first-order valence-corrected chi connectivity index (χ1v) is 12.5. The fourth-order valence-electron chi connectivity index (χ4n) is 4.08. The van der Waals surface area contributed by atoms with Crippen LogP contribution >= 0.6 is 11.6 Å². The normalized spacial score (nSPS) is 12.7. The molecule has 4 rings (SSSR count). The maximum absolute atomic E-state index is 11.7. The largest absolute Gasteiger partial charge is 0.392 e. The van der Waals surface area contributed by atoms with Crippen LogP contribution in [-0.4, -0.2) is 28.5 Å². The van der Waals surface area contributed by atoms with Crippen molar-refractivity contribution in [2.45, 2.75) is 44.8 Å². The first-order valence-electron chi connectivity index (χ1n) is 11.0. The van der Waals surface area contributed by atoms with Gasteiger partial charge in [0.05, 0.1) is 27.9 Å². The molecule has 3 N–H and O–H groups in total. The van der Waals surface area contributed by atoms with Gasteiger partial charge in [0.2, 0.25) is 0 Å². The molecule has 182 valence electrons. The summed E-state index contributed by atoms with van der Waals surface area (Å²) in [6.07, 6.45) is 1.82. The molecule has 1 heterocycles. The first-order chi connectivity index (χ1) is 16.5. The summed E-state index contributed by atoms with van der Waals surface area (Å²) in [5.74, 6) is 0.631. The smallest absolute Gasteiger partial charge is 0.186 e. The monoisotopic (exact) mass is 510 g/mol. The molecule has 6 nitrogen and oxygen atoms in total. The minimum absolute atomic E-state index is 0.188. The number of aromatic nitrogens is 2. The third kappa shape index (κ3) is 4.96. The number of aryl methyl sites for hydroxylation is 2. The van der Waals surface area contributed by atoms with E-state index in [1.807, 2.05) is 67.1 Å². The Balaban J connectivity index is 1.87. The molecule has 0 aliphatic heterocycles.